The van der Waals surface area contributed by atoms with Gasteiger partial charge in [0.05, 0.1) is 10.9 Å². The van der Waals surface area contributed by atoms with Gasteiger partial charge in [-0.25, -0.2) is 4.98 Å². The van der Waals surface area contributed by atoms with Crippen molar-refractivity contribution in [3.8, 4) is 0 Å². The molecule has 0 aliphatic carbocycles. The molecule has 4 rings (SSSR count). The van der Waals surface area contributed by atoms with E-state index < -0.39 is 0 Å². The molecule has 3 aromatic rings. The molecule has 29 heavy (non-hydrogen) atoms. The molecule has 0 saturated heterocycles. The van der Waals surface area contributed by atoms with Crippen molar-refractivity contribution in [2.24, 2.45) is 0 Å². The van der Waals surface area contributed by atoms with Crippen molar-refractivity contribution in [3.05, 3.63) is 75.8 Å². The highest BCUT2D eigenvalue weighted by Gasteiger charge is 2.16. The largest absolute Gasteiger partial charge is 0.350 e. The Morgan fingerprint density at radius 3 is 2.79 bits per heavy atom. The Morgan fingerprint density at radius 2 is 1.97 bits per heavy atom. The Hall–Kier alpha value is -2.95. The zero-order chi connectivity index (χ0) is 20.2. The van der Waals surface area contributed by atoms with Crippen LogP contribution < -0.4 is 10.9 Å². The van der Waals surface area contributed by atoms with Gasteiger partial charge in [0, 0.05) is 24.6 Å². The molecule has 1 aliphatic heterocycles. The van der Waals surface area contributed by atoms with E-state index in [0.717, 1.165) is 50.9 Å². The summed E-state index contributed by atoms with van der Waals surface area (Å²) in [7, 11) is 0. The maximum Gasteiger partial charge on any atom is 0.261 e. The highest BCUT2D eigenvalue weighted by atomic mass is 16.1. The number of hydrogen-bond donors (Lipinski definition) is 1. The smallest absolute Gasteiger partial charge is 0.261 e. The molecule has 2 aromatic carbocycles. The number of aryl methyl sites for hydroxylation is 2. The Kier molecular flexibility index (Phi) is 5.74. The molecule has 1 amide bonds. The molecule has 1 atom stereocenters. The molecule has 0 spiro atoms. The second-order valence-corrected chi connectivity index (χ2v) is 7.93. The van der Waals surface area contributed by atoms with Crippen molar-refractivity contribution in [1.82, 2.24) is 14.9 Å². The lowest BCUT2D eigenvalue weighted by atomic mass is 10.1. The van der Waals surface area contributed by atoms with E-state index in [0.29, 0.717) is 16.5 Å². The minimum absolute atomic E-state index is 0.00934. The fraction of sp³-hybridized carbons (Fsp3) is 0.375. The van der Waals surface area contributed by atoms with Gasteiger partial charge in [-0.05, 0) is 56.4 Å². The summed E-state index contributed by atoms with van der Waals surface area (Å²) in [5.74, 6) is 0.720. The Bertz CT molecular complexity index is 1070. The molecule has 150 valence electrons. The topological polar surface area (TPSA) is 64.0 Å². The van der Waals surface area contributed by atoms with Crippen molar-refractivity contribution in [3.63, 3.8) is 0 Å². The van der Waals surface area contributed by atoms with Crippen LogP contribution >= 0.6 is 0 Å². The fourth-order valence-corrected chi connectivity index (χ4v) is 3.97. The van der Waals surface area contributed by atoms with Crippen LogP contribution in [0.5, 0.6) is 0 Å². The number of rotatable bonds is 5. The van der Waals surface area contributed by atoms with Crippen molar-refractivity contribution in [2.45, 2.75) is 58.0 Å². The number of benzene rings is 2. The Morgan fingerprint density at radius 1 is 1.14 bits per heavy atom. The first-order valence-corrected chi connectivity index (χ1v) is 10.5. The summed E-state index contributed by atoms with van der Waals surface area (Å²) in [5.41, 5.74) is 2.45. The third-order valence-corrected chi connectivity index (χ3v) is 5.67. The lowest BCUT2D eigenvalue weighted by Crippen LogP contribution is -2.33. The molecule has 1 aromatic heterocycles. The van der Waals surface area contributed by atoms with Gasteiger partial charge in [-0.15, -0.1) is 0 Å². The first kappa shape index (κ1) is 19.4. The lowest BCUT2D eigenvalue weighted by molar-refractivity contribution is 0.0938. The minimum Gasteiger partial charge on any atom is -0.350 e. The third kappa shape index (κ3) is 4.39. The number of carbonyl (C=O) groups excluding carboxylic acids is 1. The lowest BCUT2D eigenvalue weighted by Gasteiger charge is -2.15. The van der Waals surface area contributed by atoms with Crippen LogP contribution in [0.3, 0.4) is 0 Å². The van der Waals surface area contributed by atoms with Crippen LogP contribution in [0.25, 0.3) is 10.9 Å². The number of carbonyl (C=O) groups is 1. The van der Waals surface area contributed by atoms with E-state index in [1.165, 1.54) is 5.56 Å². The summed E-state index contributed by atoms with van der Waals surface area (Å²) >= 11 is 0. The average Bonchev–Trinajstić information content (AvgIpc) is 2.98. The van der Waals surface area contributed by atoms with Crippen LogP contribution in [-0.4, -0.2) is 21.5 Å². The zero-order valence-corrected chi connectivity index (χ0v) is 16.9. The summed E-state index contributed by atoms with van der Waals surface area (Å²) in [6.45, 7) is 2.75. The highest BCUT2D eigenvalue weighted by molar-refractivity contribution is 5.97. The van der Waals surface area contributed by atoms with Crippen molar-refractivity contribution < 1.29 is 4.79 Å². The predicted molar refractivity (Wildman–Crippen MR) is 115 cm³/mol. The first-order valence-electron chi connectivity index (χ1n) is 10.5. The van der Waals surface area contributed by atoms with Crippen LogP contribution in [0.1, 0.15) is 54.4 Å². The van der Waals surface area contributed by atoms with E-state index in [1.807, 2.05) is 25.1 Å². The van der Waals surface area contributed by atoms with Gasteiger partial charge in [-0.3, -0.25) is 14.2 Å². The molecule has 1 N–H and O–H groups in total. The monoisotopic (exact) mass is 389 g/mol. The molecule has 0 fully saturated rings. The van der Waals surface area contributed by atoms with Crippen LogP contribution in [0.15, 0.2) is 53.3 Å². The molecule has 0 radical (unpaired) electrons. The summed E-state index contributed by atoms with van der Waals surface area (Å²) in [4.78, 5) is 30.3. The summed E-state index contributed by atoms with van der Waals surface area (Å²) in [6, 6.07) is 15.6. The van der Waals surface area contributed by atoms with E-state index in [2.05, 4.69) is 17.4 Å². The molecule has 0 bridgehead atoms. The molecule has 0 unspecified atom stereocenters. The van der Waals surface area contributed by atoms with Gasteiger partial charge in [-0.2, -0.15) is 0 Å². The number of aromatic nitrogens is 2. The fourth-order valence-electron chi connectivity index (χ4n) is 3.97. The van der Waals surface area contributed by atoms with E-state index in [4.69, 9.17) is 4.98 Å². The maximum atomic E-state index is 12.8. The standard InChI is InChI=1S/C24H27N3O2/c1-17(11-12-18-8-4-2-5-9-18)25-23(28)19-13-14-20-21(16-19)26-22-10-6-3-7-15-27(22)24(20)29/h2,4-5,8-9,13-14,16-17H,3,6-7,10-12,15H2,1H3,(H,25,28)/t17-/m0/s1. The number of nitrogens with zero attached hydrogens (tertiary/aromatic N) is 2. The molecule has 1 aliphatic rings. The van der Waals surface area contributed by atoms with Gasteiger partial charge in [-0.1, -0.05) is 36.8 Å². The average molecular weight is 389 g/mol. The third-order valence-electron chi connectivity index (χ3n) is 5.67. The van der Waals surface area contributed by atoms with E-state index in [1.54, 1.807) is 22.8 Å². The van der Waals surface area contributed by atoms with E-state index in [-0.39, 0.29) is 17.5 Å². The van der Waals surface area contributed by atoms with Crippen molar-refractivity contribution >= 4 is 16.8 Å². The Labute approximate surface area is 170 Å². The van der Waals surface area contributed by atoms with Gasteiger partial charge < -0.3 is 5.32 Å². The van der Waals surface area contributed by atoms with Gasteiger partial charge in [0.15, 0.2) is 0 Å². The molecule has 2 heterocycles. The summed E-state index contributed by atoms with van der Waals surface area (Å²) < 4.78 is 1.81. The number of nitrogens with one attached hydrogen (secondary N) is 1. The van der Waals surface area contributed by atoms with Gasteiger partial charge in [0.1, 0.15) is 5.82 Å². The highest BCUT2D eigenvalue weighted by Crippen LogP contribution is 2.16. The second-order valence-electron chi connectivity index (χ2n) is 7.93. The van der Waals surface area contributed by atoms with Gasteiger partial charge in [0.2, 0.25) is 0 Å². The normalized spacial score (nSPS) is 14.8. The zero-order valence-electron chi connectivity index (χ0n) is 16.9. The molecule has 5 heteroatoms. The number of fused-ring (bicyclic) bond motifs is 2. The first-order chi connectivity index (χ1) is 14.1. The maximum absolute atomic E-state index is 12.8. The molecule has 5 nitrogen and oxygen atoms in total. The molecule has 0 saturated carbocycles. The SMILES string of the molecule is C[C@@H](CCc1ccccc1)NC(=O)c1ccc2c(=O)n3c(nc2c1)CCCCC3. The molecular formula is C24H27N3O2. The quantitative estimate of drug-likeness (QED) is 0.720. The second kappa shape index (κ2) is 8.60. The summed E-state index contributed by atoms with van der Waals surface area (Å²) in [6.07, 6.45) is 5.80. The number of hydrogen-bond acceptors (Lipinski definition) is 3. The van der Waals surface area contributed by atoms with Gasteiger partial charge in [0.25, 0.3) is 11.5 Å². The van der Waals surface area contributed by atoms with Crippen molar-refractivity contribution in [2.75, 3.05) is 0 Å². The van der Waals surface area contributed by atoms with Crippen LogP contribution in [0.4, 0.5) is 0 Å². The van der Waals surface area contributed by atoms with Crippen LogP contribution in [0.2, 0.25) is 0 Å². The van der Waals surface area contributed by atoms with E-state index in [9.17, 15) is 9.59 Å². The van der Waals surface area contributed by atoms with E-state index >= 15 is 0 Å². The Balaban J connectivity index is 1.50. The van der Waals surface area contributed by atoms with Gasteiger partial charge >= 0.3 is 0 Å². The summed E-state index contributed by atoms with van der Waals surface area (Å²) in [5, 5.41) is 3.66. The minimum atomic E-state index is -0.121. The number of amides is 1. The van der Waals surface area contributed by atoms with Crippen LogP contribution in [0, 0.1) is 0 Å². The predicted octanol–water partition coefficient (Wildman–Crippen LogP) is 3.87. The van der Waals surface area contributed by atoms with Crippen molar-refractivity contribution in [1.29, 1.82) is 0 Å². The molecular weight excluding hydrogens is 362 g/mol. The van der Waals surface area contributed by atoms with Crippen LogP contribution in [-0.2, 0) is 19.4 Å².